The minimum atomic E-state index is -0.814. The van der Waals surface area contributed by atoms with E-state index in [4.69, 9.17) is 14.9 Å². The number of rotatable bonds is 10. The highest BCUT2D eigenvalue weighted by molar-refractivity contribution is 5.13. The van der Waals surface area contributed by atoms with Crippen molar-refractivity contribution in [3.63, 3.8) is 0 Å². The van der Waals surface area contributed by atoms with Crippen LogP contribution in [0.3, 0.4) is 0 Å². The molecule has 0 aliphatic rings. The van der Waals surface area contributed by atoms with Crippen LogP contribution in [0, 0.1) is 11.8 Å². The second kappa shape index (κ2) is 14.1. The topological polar surface area (TPSA) is 49.7 Å². The number of ether oxygens (including phenoxy) is 1. The molecule has 0 bridgehead atoms. The Balaban J connectivity index is 3.30. The van der Waals surface area contributed by atoms with Crippen molar-refractivity contribution < 1.29 is 14.9 Å². The molecule has 0 heterocycles. The van der Waals surface area contributed by atoms with E-state index in [0.29, 0.717) is 0 Å². The van der Waals surface area contributed by atoms with Gasteiger partial charge in [-0.05, 0) is 6.42 Å². The molecule has 18 heavy (non-hydrogen) atoms. The van der Waals surface area contributed by atoms with Crippen LogP contribution in [0.25, 0.3) is 0 Å². The molecule has 0 radical (unpaired) electrons. The molecule has 0 rings (SSSR count). The Morgan fingerprint density at radius 3 is 2.61 bits per heavy atom. The molecule has 0 saturated heterocycles. The lowest BCUT2D eigenvalue weighted by Gasteiger charge is -2.04. The van der Waals surface area contributed by atoms with Crippen molar-refractivity contribution in [2.75, 3.05) is 13.2 Å². The van der Waals surface area contributed by atoms with Gasteiger partial charge in [-0.2, -0.15) is 0 Å². The van der Waals surface area contributed by atoms with Gasteiger partial charge in [0.2, 0.25) is 0 Å². The van der Waals surface area contributed by atoms with Crippen molar-refractivity contribution >= 4 is 0 Å². The lowest BCUT2D eigenvalue weighted by molar-refractivity contribution is 0.0385. The summed E-state index contributed by atoms with van der Waals surface area (Å²) in [5.41, 5.74) is 0. The van der Waals surface area contributed by atoms with Crippen LogP contribution in [0.4, 0.5) is 0 Å². The summed E-state index contributed by atoms with van der Waals surface area (Å²) in [6, 6.07) is 0. The van der Waals surface area contributed by atoms with Gasteiger partial charge in [0, 0.05) is 12.5 Å². The van der Waals surface area contributed by atoms with Gasteiger partial charge in [0.15, 0.2) is 0 Å². The lowest BCUT2D eigenvalue weighted by Crippen LogP contribution is -2.17. The summed E-state index contributed by atoms with van der Waals surface area (Å²) in [5.74, 6) is 5.93. The maximum Gasteiger partial charge on any atom is 0.115 e. The van der Waals surface area contributed by atoms with Crippen LogP contribution in [-0.2, 0) is 4.74 Å². The molecule has 0 aromatic rings. The first-order chi connectivity index (χ1) is 8.81. The maximum absolute atomic E-state index is 8.97. The van der Waals surface area contributed by atoms with Gasteiger partial charge < -0.3 is 14.9 Å². The normalized spacial score (nSPS) is 12.2. The third-order valence-corrected chi connectivity index (χ3v) is 2.50. The van der Waals surface area contributed by atoms with Crippen LogP contribution in [0.5, 0.6) is 0 Å². The number of allylic oxidation sites excluding steroid dienone is 1. The molecule has 104 valence electrons. The Bertz CT molecular complexity index is 250. The number of hydrogen-bond donors (Lipinski definition) is 2. The van der Waals surface area contributed by atoms with E-state index in [1.807, 2.05) is 0 Å². The van der Waals surface area contributed by atoms with Crippen LogP contribution in [0.15, 0.2) is 12.3 Å². The standard InChI is InChI=1S/C15H26O3/c1-2-3-4-5-6-7-8-9-10-11-12-18-14-15(17)13-16/h11-12,15-17H,2-8,13-14H2,1H3/t15-/m0/s1. The summed E-state index contributed by atoms with van der Waals surface area (Å²) in [6.07, 6.45) is 10.9. The fraction of sp³-hybridized carbons (Fsp3) is 0.733. The Morgan fingerprint density at radius 1 is 1.17 bits per heavy atom. The highest BCUT2D eigenvalue weighted by atomic mass is 16.5. The minimum absolute atomic E-state index is 0.103. The van der Waals surface area contributed by atoms with E-state index in [1.165, 1.54) is 38.4 Å². The van der Waals surface area contributed by atoms with Crippen LogP contribution in [-0.4, -0.2) is 29.5 Å². The smallest absolute Gasteiger partial charge is 0.115 e. The predicted octanol–water partition coefficient (Wildman–Crippen LogP) is 2.62. The Labute approximate surface area is 111 Å². The first-order valence-electron chi connectivity index (χ1n) is 6.85. The first kappa shape index (κ1) is 17.0. The van der Waals surface area contributed by atoms with E-state index in [1.54, 1.807) is 6.08 Å². The lowest BCUT2D eigenvalue weighted by atomic mass is 10.1. The van der Waals surface area contributed by atoms with E-state index >= 15 is 0 Å². The molecular formula is C15H26O3. The van der Waals surface area contributed by atoms with E-state index < -0.39 is 6.10 Å². The molecular weight excluding hydrogens is 228 g/mol. The number of unbranched alkanes of at least 4 members (excludes halogenated alkanes) is 6. The summed E-state index contributed by atoms with van der Waals surface area (Å²) in [5, 5.41) is 17.5. The number of hydrogen-bond acceptors (Lipinski definition) is 3. The fourth-order valence-corrected chi connectivity index (χ4v) is 1.43. The Kier molecular flexibility index (Phi) is 13.3. The summed E-state index contributed by atoms with van der Waals surface area (Å²) in [6.45, 7) is 2.04. The van der Waals surface area contributed by atoms with Crippen molar-refractivity contribution in [2.24, 2.45) is 0 Å². The second-order valence-electron chi connectivity index (χ2n) is 4.31. The van der Waals surface area contributed by atoms with Gasteiger partial charge in [0.25, 0.3) is 0 Å². The highest BCUT2D eigenvalue weighted by Gasteiger charge is 1.98. The van der Waals surface area contributed by atoms with Crippen molar-refractivity contribution in [2.45, 2.75) is 58.0 Å². The molecule has 0 aromatic carbocycles. The van der Waals surface area contributed by atoms with Gasteiger partial charge in [-0.15, -0.1) is 0 Å². The van der Waals surface area contributed by atoms with E-state index in [-0.39, 0.29) is 13.2 Å². The molecule has 0 fully saturated rings. The molecule has 3 heteroatoms. The van der Waals surface area contributed by atoms with Gasteiger partial charge in [-0.1, -0.05) is 50.9 Å². The largest absolute Gasteiger partial charge is 0.498 e. The van der Waals surface area contributed by atoms with Crippen LogP contribution < -0.4 is 0 Å². The zero-order valence-electron chi connectivity index (χ0n) is 11.4. The maximum atomic E-state index is 8.97. The molecule has 0 amide bonds. The van der Waals surface area contributed by atoms with E-state index in [2.05, 4.69) is 18.8 Å². The molecule has 0 aromatic heterocycles. The second-order valence-corrected chi connectivity index (χ2v) is 4.31. The zero-order chi connectivity index (χ0) is 13.5. The molecule has 2 N–H and O–H groups in total. The van der Waals surface area contributed by atoms with Crippen molar-refractivity contribution in [3.8, 4) is 11.8 Å². The third kappa shape index (κ3) is 13.1. The molecule has 0 spiro atoms. The fourth-order valence-electron chi connectivity index (χ4n) is 1.43. The average Bonchev–Trinajstić information content (AvgIpc) is 2.39. The molecule has 0 aliphatic carbocycles. The quantitative estimate of drug-likeness (QED) is 0.358. The number of aliphatic hydroxyl groups excluding tert-OH is 2. The Morgan fingerprint density at radius 2 is 1.89 bits per heavy atom. The Hall–Kier alpha value is -0.980. The monoisotopic (exact) mass is 254 g/mol. The van der Waals surface area contributed by atoms with Gasteiger partial charge in [-0.25, -0.2) is 0 Å². The third-order valence-electron chi connectivity index (χ3n) is 2.50. The molecule has 0 unspecified atom stereocenters. The molecule has 1 atom stereocenters. The number of aliphatic hydroxyl groups is 2. The van der Waals surface area contributed by atoms with Crippen LogP contribution in [0.2, 0.25) is 0 Å². The van der Waals surface area contributed by atoms with E-state index in [9.17, 15) is 0 Å². The minimum Gasteiger partial charge on any atom is -0.498 e. The van der Waals surface area contributed by atoms with Crippen molar-refractivity contribution in [1.29, 1.82) is 0 Å². The summed E-state index contributed by atoms with van der Waals surface area (Å²) in [4.78, 5) is 0. The summed E-state index contributed by atoms with van der Waals surface area (Å²) >= 11 is 0. The first-order valence-corrected chi connectivity index (χ1v) is 6.85. The predicted molar refractivity (Wildman–Crippen MR) is 74.0 cm³/mol. The summed E-state index contributed by atoms with van der Waals surface area (Å²) in [7, 11) is 0. The zero-order valence-corrected chi connectivity index (χ0v) is 11.4. The van der Waals surface area contributed by atoms with Gasteiger partial charge >= 0.3 is 0 Å². The molecule has 0 aliphatic heterocycles. The molecule has 3 nitrogen and oxygen atoms in total. The van der Waals surface area contributed by atoms with Gasteiger partial charge in [0.05, 0.1) is 12.9 Å². The summed E-state index contributed by atoms with van der Waals surface area (Å²) < 4.78 is 4.97. The van der Waals surface area contributed by atoms with Gasteiger partial charge in [-0.3, -0.25) is 0 Å². The highest BCUT2D eigenvalue weighted by Crippen LogP contribution is 2.05. The van der Waals surface area contributed by atoms with Gasteiger partial charge in [0.1, 0.15) is 12.7 Å². The van der Waals surface area contributed by atoms with Crippen LogP contribution in [0.1, 0.15) is 51.9 Å². The van der Waals surface area contributed by atoms with E-state index in [0.717, 1.165) is 12.8 Å². The van der Waals surface area contributed by atoms with Crippen molar-refractivity contribution in [1.82, 2.24) is 0 Å². The van der Waals surface area contributed by atoms with Crippen molar-refractivity contribution in [3.05, 3.63) is 12.3 Å². The van der Waals surface area contributed by atoms with Crippen LogP contribution >= 0.6 is 0 Å². The average molecular weight is 254 g/mol. The SMILES string of the molecule is CCCCCCCCC#CC=COC[C@@H](O)CO. The molecule has 0 saturated carbocycles.